The number of benzene rings is 1. The summed E-state index contributed by atoms with van der Waals surface area (Å²) in [7, 11) is -1.54. The van der Waals surface area contributed by atoms with Crippen molar-refractivity contribution in [1.82, 2.24) is 4.98 Å². The maximum absolute atomic E-state index is 11.0. The molecule has 0 bridgehead atoms. The van der Waals surface area contributed by atoms with Crippen LogP contribution in [0, 0.1) is 0 Å². The minimum Gasteiger partial charge on any atom is -0.423 e. The van der Waals surface area contributed by atoms with Gasteiger partial charge in [-0.3, -0.25) is 4.79 Å². The first-order chi connectivity index (χ1) is 8.58. The molecule has 5 nitrogen and oxygen atoms in total. The molecule has 6 heteroatoms. The summed E-state index contributed by atoms with van der Waals surface area (Å²) in [4.78, 5) is 15.1. The Morgan fingerprint density at radius 2 is 1.89 bits per heavy atom. The Labute approximate surface area is 104 Å². The van der Waals surface area contributed by atoms with Crippen LogP contribution in [-0.2, 0) is 0 Å². The van der Waals surface area contributed by atoms with Gasteiger partial charge in [-0.1, -0.05) is 30.3 Å². The molecule has 1 amide bonds. The van der Waals surface area contributed by atoms with E-state index in [-0.39, 0.29) is 5.69 Å². The zero-order valence-electron chi connectivity index (χ0n) is 9.45. The molecular weight excluding hydrogens is 231 g/mol. The molecule has 0 spiro atoms. The van der Waals surface area contributed by atoms with E-state index in [9.17, 15) is 4.79 Å². The highest BCUT2D eigenvalue weighted by molar-refractivity contribution is 6.58. The standard InChI is InChI=1S/C12H11BN2O3/c14-12(16)11-6-2-5-10(15-11)8-3-1-4-9(7-8)13(17)18/h1-7,17-18H,(H2,14,16). The van der Waals surface area contributed by atoms with Crippen molar-refractivity contribution in [2.24, 2.45) is 5.73 Å². The summed E-state index contributed by atoms with van der Waals surface area (Å²) in [6.07, 6.45) is 0. The van der Waals surface area contributed by atoms with E-state index >= 15 is 0 Å². The molecule has 0 aliphatic rings. The molecule has 1 aromatic carbocycles. The van der Waals surface area contributed by atoms with Crippen molar-refractivity contribution in [3.05, 3.63) is 48.2 Å². The van der Waals surface area contributed by atoms with Crippen molar-refractivity contribution in [2.75, 3.05) is 0 Å². The largest absolute Gasteiger partial charge is 0.488 e. The average molecular weight is 242 g/mol. The molecule has 0 fully saturated rings. The van der Waals surface area contributed by atoms with Gasteiger partial charge in [0.1, 0.15) is 5.69 Å². The molecule has 4 N–H and O–H groups in total. The van der Waals surface area contributed by atoms with Crippen molar-refractivity contribution in [3.8, 4) is 11.3 Å². The van der Waals surface area contributed by atoms with Gasteiger partial charge in [-0.2, -0.15) is 0 Å². The van der Waals surface area contributed by atoms with Crippen LogP contribution in [-0.4, -0.2) is 28.1 Å². The zero-order chi connectivity index (χ0) is 13.1. The Morgan fingerprint density at radius 3 is 2.56 bits per heavy atom. The fourth-order valence-corrected chi connectivity index (χ4v) is 1.59. The monoisotopic (exact) mass is 242 g/mol. The van der Waals surface area contributed by atoms with Gasteiger partial charge in [0.25, 0.3) is 5.91 Å². The highest BCUT2D eigenvalue weighted by Gasteiger charge is 2.12. The van der Waals surface area contributed by atoms with E-state index < -0.39 is 13.0 Å². The number of primary amides is 1. The molecule has 0 unspecified atom stereocenters. The predicted molar refractivity (Wildman–Crippen MR) is 68.0 cm³/mol. The maximum atomic E-state index is 11.0. The van der Waals surface area contributed by atoms with E-state index in [0.29, 0.717) is 16.7 Å². The third-order valence-corrected chi connectivity index (χ3v) is 2.48. The minimum absolute atomic E-state index is 0.169. The SMILES string of the molecule is NC(=O)c1cccc(-c2cccc(B(O)O)c2)n1. The Kier molecular flexibility index (Phi) is 3.41. The lowest BCUT2D eigenvalue weighted by Gasteiger charge is -2.05. The fourth-order valence-electron chi connectivity index (χ4n) is 1.59. The van der Waals surface area contributed by atoms with Crippen molar-refractivity contribution >= 4 is 18.5 Å². The number of hydrogen-bond donors (Lipinski definition) is 3. The molecule has 18 heavy (non-hydrogen) atoms. The molecule has 90 valence electrons. The van der Waals surface area contributed by atoms with Gasteiger partial charge in [-0.05, 0) is 23.2 Å². The van der Waals surface area contributed by atoms with Gasteiger partial charge in [0.2, 0.25) is 0 Å². The molecule has 0 aliphatic carbocycles. The van der Waals surface area contributed by atoms with E-state index in [1.165, 1.54) is 6.07 Å². The van der Waals surface area contributed by atoms with Gasteiger partial charge in [0.05, 0.1) is 5.69 Å². The predicted octanol–water partition coefficient (Wildman–Crippen LogP) is -0.473. The number of amides is 1. The van der Waals surface area contributed by atoms with Gasteiger partial charge in [0.15, 0.2) is 0 Å². The summed E-state index contributed by atoms with van der Waals surface area (Å²) < 4.78 is 0. The Bertz CT molecular complexity index is 587. The summed E-state index contributed by atoms with van der Waals surface area (Å²) in [5.74, 6) is -0.602. The van der Waals surface area contributed by atoms with Crippen LogP contribution in [0.3, 0.4) is 0 Å². The third-order valence-electron chi connectivity index (χ3n) is 2.48. The van der Waals surface area contributed by atoms with E-state index in [0.717, 1.165) is 0 Å². The first-order valence-corrected chi connectivity index (χ1v) is 5.31. The molecule has 0 saturated carbocycles. The second-order valence-corrected chi connectivity index (χ2v) is 3.77. The summed E-state index contributed by atoms with van der Waals surface area (Å²) in [5.41, 5.74) is 6.92. The van der Waals surface area contributed by atoms with Gasteiger partial charge < -0.3 is 15.8 Å². The lowest BCUT2D eigenvalue weighted by Crippen LogP contribution is -2.29. The van der Waals surface area contributed by atoms with Crippen LogP contribution in [0.5, 0.6) is 0 Å². The lowest BCUT2D eigenvalue weighted by atomic mass is 9.79. The fraction of sp³-hybridized carbons (Fsp3) is 0. The Hall–Kier alpha value is -2.18. The van der Waals surface area contributed by atoms with E-state index in [4.69, 9.17) is 15.8 Å². The first-order valence-electron chi connectivity index (χ1n) is 5.31. The van der Waals surface area contributed by atoms with Gasteiger partial charge in [-0.15, -0.1) is 0 Å². The van der Waals surface area contributed by atoms with Crippen LogP contribution in [0.2, 0.25) is 0 Å². The molecule has 0 saturated heterocycles. The first kappa shape index (κ1) is 12.3. The number of hydrogen-bond acceptors (Lipinski definition) is 4. The number of pyridine rings is 1. The zero-order valence-corrected chi connectivity index (χ0v) is 9.45. The van der Waals surface area contributed by atoms with Crippen LogP contribution in [0.1, 0.15) is 10.5 Å². The van der Waals surface area contributed by atoms with Crippen LogP contribution in [0.15, 0.2) is 42.5 Å². The van der Waals surface area contributed by atoms with Crippen molar-refractivity contribution in [3.63, 3.8) is 0 Å². The number of nitrogens with two attached hydrogens (primary N) is 1. The van der Waals surface area contributed by atoms with Crippen molar-refractivity contribution in [2.45, 2.75) is 0 Å². The number of carbonyl (C=O) groups is 1. The second-order valence-electron chi connectivity index (χ2n) is 3.77. The van der Waals surface area contributed by atoms with E-state index in [1.54, 1.807) is 36.4 Å². The van der Waals surface area contributed by atoms with Crippen LogP contribution < -0.4 is 11.2 Å². The second kappa shape index (κ2) is 4.99. The smallest absolute Gasteiger partial charge is 0.423 e. The normalized spacial score (nSPS) is 10.1. The number of aromatic nitrogens is 1. The van der Waals surface area contributed by atoms with Crippen molar-refractivity contribution in [1.29, 1.82) is 0 Å². The van der Waals surface area contributed by atoms with Gasteiger partial charge >= 0.3 is 7.12 Å². The van der Waals surface area contributed by atoms with Crippen LogP contribution >= 0.6 is 0 Å². The maximum Gasteiger partial charge on any atom is 0.488 e. The highest BCUT2D eigenvalue weighted by Crippen LogP contribution is 2.15. The highest BCUT2D eigenvalue weighted by atomic mass is 16.4. The molecule has 1 heterocycles. The molecule has 0 radical (unpaired) electrons. The summed E-state index contributed by atoms with van der Waals surface area (Å²) in [6, 6.07) is 11.5. The van der Waals surface area contributed by atoms with E-state index in [2.05, 4.69) is 4.98 Å². The number of carbonyl (C=O) groups excluding carboxylic acids is 1. The summed E-state index contributed by atoms with van der Waals surface area (Å²) in [5, 5.41) is 18.2. The van der Waals surface area contributed by atoms with Crippen LogP contribution in [0.25, 0.3) is 11.3 Å². The lowest BCUT2D eigenvalue weighted by molar-refractivity contribution is 0.0995. The molecule has 0 atom stereocenters. The van der Waals surface area contributed by atoms with Gasteiger partial charge in [-0.25, -0.2) is 4.98 Å². The molecule has 1 aromatic heterocycles. The number of rotatable bonds is 3. The molecule has 0 aliphatic heterocycles. The number of nitrogens with zero attached hydrogens (tertiary/aromatic N) is 1. The minimum atomic E-state index is -1.54. The van der Waals surface area contributed by atoms with E-state index in [1.807, 2.05) is 0 Å². The molecular formula is C12H11BN2O3. The Morgan fingerprint density at radius 1 is 1.17 bits per heavy atom. The quantitative estimate of drug-likeness (QED) is 0.633. The Balaban J connectivity index is 2.45. The molecule has 2 aromatic rings. The summed E-state index contributed by atoms with van der Waals surface area (Å²) >= 11 is 0. The average Bonchev–Trinajstić information content (AvgIpc) is 2.39. The van der Waals surface area contributed by atoms with Crippen LogP contribution in [0.4, 0.5) is 0 Å². The third kappa shape index (κ3) is 2.56. The van der Waals surface area contributed by atoms with Gasteiger partial charge in [0, 0.05) is 0 Å². The summed E-state index contributed by atoms with van der Waals surface area (Å²) in [6.45, 7) is 0. The molecule has 2 rings (SSSR count). The van der Waals surface area contributed by atoms with Crippen molar-refractivity contribution < 1.29 is 14.8 Å². The topological polar surface area (TPSA) is 96.4 Å².